The van der Waals surface area contributed by atoms with Gasteiger partial charge in [-0.2, -0.15) is 0 Å². The normalized spacial score (nSPS) is 54.1. The fourth-order valence-corrected chi connectivity index (χ4v) is 10.4. The molecule has 4 nitrogen and oxygen atoms in total. The Morgan fingerprint density at radius 1 is 0.941 bits per heavy atom. The molecule has 5 aliphatic rings. The molecule has 34 heavy (non-hydrogen) atoms. The molecule has 0 aliphatic heterocycles. The van der Waals surface area contributed by atoms with E-state index in [0.29, 0.717) is 12.3 Å². The predicted molar refractivity (Wildman–Crippen MR) is 134 cm³/mol. The second-order valence-corrected chi connectivity index (χ2v) is 14.9. The van der Waals surface area contributed by atoms with Gasteiger partial charge in [-0.05, 0) is 110 Å². The van der Waals surface area contributed by atoms with Crippen LogP contribution in [0.4, 0.5) is 0 Å². The van der Waals surface area contributed by atoms with E-state index < -0.39 is 11.4 Å². The van der Waals surface area contributed by atoms with Gasteiger partial charge in [-0.25, -0.2) is 0 Å². The molecule has 190 valence electrons. The van der Waals surface area contributed by atoms with Crippen molar-refractivity contribution in [3.8, 4) is 0 Å². The summed E-state index contributed by atoms with van der Waals surface area (Å²) in [5, 5.41) is 20.9. The van der Waals surface area contributed by atoms with Crippen LogP contribution in [-0.4, -0.2) is 28.1 Å². The highest BCUT2D eigenvalue weighted by Gasteiger charge is 2.70. The number of hydrogen-bond acceptors (Lipinski definition) is 3. The highest BCUT2D eigenvalue weighted by molar-refractivity contribution is 5.95. The Labute approximate surface area is 207 Å². The Morgan fingerprint density at radius 2 is 1.59 bits per heavy atom. The van der Waals surface area contributed by atoms with E-state index in [1.165, 1.54) is 5.57 Å². The first-order valence-electron chi connectivity index (χ1n) is 13.7. The van der Waals surface area contributed by atoms with Crippen LogP contribution in [0.5, 0.6) is 0 Å². The summed E-state index contributed by atoms with van der Waals surface area (Å²) in [6, 6.07) is 0. The van der Waals surface area contributed by atoms with Gasteiger partial charge in [0.1, 0.15) is 0 Å². The summed E-state index contributed by atoms with van der Waals surface area (Å²) in [7, 11) is 0. The first-order valence-corrected chi connectivity index (χ1v) is 13.7. The fraction of sp³-hybridized carbons (Fsp3) is 0.867. The molecule has 0 aromatic carbocycles. The average Bonchev–Trinajstić information content (AvgIpc) is 2.73. The van der Waals surface area contributed by atoms with Crippen molar-refractivity contribution < 1.29 is 21.2 Å². The van der Waals surface area contributed by atoms with Crippen LogP contribution in [0.25, 0.3) is 0 Å². The number of rotatable bonds is 1. The summed E-state index contributed by atoms with van der Waals surface area (Å²) < 4.78 is 0. The lowest BCUT2D eigenvalue weighted by Gasteiger charge is -2.70. The molecule has 0 aromatic rings. The van der Waals surface area contributed by atoms with Gasteiger partial charge in [0.25, 0.3) is 0 Å². The van der Waals surface area contributed by atoms with Gasteiger partial charge in [0.05, 0.1) is 11.5 Å². The molecule has 5 rings (SSSR count). The van der Waals surface area contributed by atoms with E-state index in [2.05, 4.69) is 41.5 Å². The minimum absolute atomic E-state index is 0. The molecule has 4 fully saturated rings. The van der Waals surface area contributed by atoms with Gasteiger partial charge in [0.2, 0.25) is 0 Å². The van der Waals surface area contributed by atoms with Crippen molar-refractivity contribution in [3.05, 3.63) is 11.6 Å². The van der Waals surface area contributed by atoms with Crippen molar-refractivity contribution in [1.29, 1.82) is 0 Å². The van der Waals surface area contributed by atoms with E-state index in [9.17, 15) is 19.8 Å². The summed E-state index contributed by atoms with van der Waals surface area (Å²) in [6.07, 6.45) is 9.95. The summed E-state index contributed by atoms with van der Waals surface area (Å²) in [5.74, 6) is 0.0603. The molecule has 0 spiro atoms. The summed E-state index contributed by atoms with van der Waals surface area (Å²) >= 11 is 0. The Hall–Kier alpha value is -1.16. The molecule has 4 saturated carbocycles. The molecule has 0 unspecified atom stereocenters. The smallest absolute Gasteiger partial charge is 0.481 e. The Morgan fingerprint density at radius 3 is 2.24 bits per heavy atom. The van der Waals surface area contributed by atoms with Crippen LogP contribution in [0, 0.1) is 50.2 Å². The van der Waals surface area contributed by atoms with Gasteiger partial charge < -0.3 is 10.2 Å². The maximum absolute atomic E-state index is 14.2. The predicted octanol–water partition coefficient (Wildman–Crippen LogP) is 6.53. The quantitative estimate of drug-likeness (QED) is 0.456. The standard InChI is InChI=1S/C30H46O4/c1-25(2)21-8-11-30(7)23(28(21,5)10-9-22(25)32)20(31)16-18-19-17-27(4,24(33)34)13-12-26(19,3)14-15-29(18,30)6/h16,19,21-23,32H,8-15,17H2,1-7H3,(H,33,34)/p+1/t19-,21-,22-,23+,26+,27+,28-,29+,30+/m0/s1. The fourth-order valence-electron chi connectivity index (χ4n) is 10.4. The molecular formula is C30H47O4+. The number of aliphatic hydroxyl groups is 1. The zero-order valence-electron chi connectivity index (χ0n) is 23.5. The van der Waals surface area contributed by atoms with Crippen LogP contribution < -0.4 is 0 Å². The SMILES string of the molecule is CC1(C)[C@@H](O)CC[C@]2(C)[C@H]3C(=O)C=C4[C@@H]5C[C@](C)(C(=O)O)CC[C@]5(C)CC[C@@]4(C)[C@]3(C)CC[C@@H]12.[H+]. The lowest BCUT2D eigenvalue weighted by molar-refractivity contribution is -0.202. The number of fused-ring (bicyclic) bond motifs is 7. The minimum Gasteiger partial charge on any atom is -0.481 e. The Balaban J connectivity index is 0.00000289. The third-order valence-electron chi connectivity index (χ3n) is 13.1. The minimum atomic E-state index is -0.711. The number of carbonyl (C=O) groups is 2. The van der Waals surface area contributed by atoms with Crippen molar-refractivity contribution in [2.45, 2.75) is 112 Å². The molecule has 9 atom stereocenters. The number of carboxylic acids is 1. The molecule has 5 aliphatic carbocycles. The van der Waals surface area contributed by atoms with E-state index in [4.69, 9.17) is 0 Å². The first kappa shape index (κ1) is 24.5. The van der Waals surface area contributed by atoms with Crippen molar-refractivity contribution in [2.75, 3.05) is 0 Å². The third-order valence-corrected chi connectivity index (χ3v) is 13.1. The molecular weight excluding hydrogens is 424 g/mol. The van der Waals surface area contributed by atoms with Gasteiger partial charge in [-0.15, -0.1) is 0 Å². The lowest BCUT2D eigenvalue weighted by Crippen LogP contribution is -2.66. The Kier molecular flexibility index (Phi) is 5.04. The van der Waals surface area contributed by atoms with Gasteiger partial charge in [-0.3, -0.25) is 9.59 Å². The maximum Gasteiger partial charge on any atom is 1.00 e. The molecule has 0 bridgehead atoms. The molecule has 0 heterocycles. The van der Waals surface area contributed by atoms with Crippen LogP contribution in [0.2, 0.25) is 0 Å². The molecule has 2 N–H and O–H groups in total. The number of allylic oxidation sites excluding steroid dienone is 2. The summed E-state index contributed by atoms with van der Waals surface area (Å²) in [6.45, 7) is 15.8. The topological polar surface area (TPSA) is 74.6 Å². The number of carboxylic acid groups (broad SMARTS) is 1. The van der Waals surface area contributed by atoms with Crippen molar-refractivity contribution >= 4 is 11.8 Å². The summed E-state index contributed by atoms with van der Waals surface area (Å²) in [5.41, 5.74) is 0.142. The lowest BCUT2D eigenvalue weighted by atomic mass is 9.33. The Bertz CT molecular complexity index is 971. The maximum atomic E-state index is 14.2. The zero-order chi connectivity index (χ0) is 25.1. The molecule has 0 aromatic heterocycles. The first-order chi connectivity index (χ1) is 15.6. The second kappa shape index (κ2) is 6.99. The van der Waals surface area contributed by atoms with Gasteiger partial charge in [0, 0.05) is 5.92 Å². The van der Waals surface area contributed by atoms with Gasteiger partial charge >= 0.3 is 7.40 Å². The number of ketones is 1. The molecule has 4 heteroatoms. The number of aliphatic hydroxyl groups excluding tert-OH is 1. The zero-order valence-corrected chi connectivity index (χ0v) is 22.5. The van der Waals surface area contributed by atoms with Gasteiger partial charge in [-0.1, -0.05) is 47.1 Å². The number of aliphatic carboxylic acids is 1. The van der Waals surface area contributed by atoms with Crippen molar-refractivity contribution in [1.82, 2.24) is 0 Å². The number of carbonyl (C=O) groups excluding carboxylic acids is 1. The van der Waals surface area contributed by atoms with E-state index >= 15 is 0 Å². The average molecular weight is 472 g/mol. The highest BCUT2D eigenvalue weighted by Crippen LogP contribution is 2.75. The molecule has 0 saturated heterocycles. The number of hydrogen-bond donors (Lipinski definition) is 2. The second-order valence-electron chi connectivity index (χ2n) is 14.9. The largest absolute Gasteiger partial charge is 1.00 e. The molecule has 0 amide bonds. The van der Waals surface area contributed by atoms with Crippen LogP contribution in [0.15, 0.2) is 11.6 Å². The van der Waals surface area contributed by atoms with Crippen LogP contribution in [-0.2, 0) is 9.59 Å². The van der Waals surface area contributed by atoms with Crippen molar-refractivity contribution in [3.63, 3.8) is 0 Å². The van der Waals surface area contributed by atoms with Crippen molar-refractivity contribution in [2.24, 2.45) is 50.2 Å². The van der Waals surface area contributed by atoms with Gasteiger partial charge in [0.15, 0.2) is 5.78 Å². The van der Waals surface area contributed by atoms with Crippen LogP contribution in [0.3, 0.4) is 0 Å². The van der Waals surface area contributed by atoms with E-state index in [1.807, 2.05) is 13.0 Å². The van der Waals surface area contributed by atoms with E-state index in [0.717, 1.165) is 51.4 Å². The highest BCUT2D eigenvalue weighted by atomic mass is 16.4. The van der Waals surface area contributed by atoms with Crippen LogP contribution in [0.1, 0.15) is 108 Å². The molecule has 0 radical (unpaired) electrons. The van der Waals surface area contributed by atoms with Crippen LogP contribution >= 0.6 is 0 Å². The van der Waals surface area contributed by atoms with E-state index in [-0.39, 0.29) is 52.2 Å². The monoisotopic (exact) mass is 471 g/mol. The van der Waals surface area contributed by atoms with E-state index in [1.54, 1.807) is 0 Å². The summed E-state index contributed by atoms with van der Waals surface area (Å²) in [4.78, 5) is 26.4. The third kappa shape index (κ3) is 2.81.